The van der Waals surface area contributed by atoms with E-state index in [0.717, 1.165) is 30.9 Å². The average Bonchev–Trinajstić information content (AvgIpc) is 2.37. The van der Waals surface area contributed by atoms with Crippen LogP contribution in [0.4, 0.5) is 0 Å². The minimum Gasteiger partial charge on any atom is -0.496 e. The molecule has 3 heteroatoms. The third-order valence-electron chi connectivity index (χ3n) is 2.78. The Morgan fingerprint density at radius 3 is 2.50 bits per heavy atom. The first kappa shape index (κ1) is 14.7. The van der Waals surface area contributed by atoms with Crippen LogP contribution in [0.25, 0.3) is 6.08 Å². The molecule has 0 spiro atoms. The molecular formula is C15H24N2O. The van der Waals surface area contributed by atoms with Gasteiger partial charge in [-0.2, -0.15) is 0 Å². The van der Waals surface area contributed by atoms with Crippen LogP contribution in [0.2, 0.25) is 0 Å². The van der Waals surface area contributed by atoms with E-state index in [4.69, 9.17) is 4.74 Å². The molecule has 0 aliphatic carbocycles. The lowest BCUT2D eigenvalue weighted by Crippen LogP contribution is -2.28. The number of benzene rings is 1. The van der Waals surface area contributed by atoms with Gasteiger partial charge in [-0.05, 0) is 27.2 Å². The number of hydrogen-bond acceptors (Lipinski definition) is 3. The fourth-order valence-electron chi connectivity index (χ4n) is 1.63. The molecule has 0 bridgehead atoms. The molecule has 0 amide bonds. The highest BCUT2D eigenvalue weighted by Gasteiger charge is 1.98. The summed E-state index contributed by atoms with van der Waals surface area (Å²) in [6.45, 7) is 3.11. The summed E-state index contributed by atoms with van der Waals surface area (Å²) >= 11 is 0. The predicted octanol–water partition coefficient (Wildman–Crippen LogP) is 2.20. The van der Waals surface area contributed by atoms with Crippen LogP contribution in [0.5, 0.6) is 5.75 Å². The van der Waals surface area contributed by atoms with Crippen molar-refractivity contribution in [1.82, 2.24) is 9.80 Å². The standard InChI is InChI=1S/C15H24N2O/c1-16(2)12-13-17(3)11-7-9-14-8-5-6-10-15(14)18-4/h5-10H,11-13H2,1-4H3/b9-7+. The van der Waals surface area contributed by atoms with Crippen LogP contribution in [0, 0.1) is 0 Å². The highest BCUT2D eigenvalue weighted by atomic mass is 16.5. The molecular weight excluding hydrogens is 224 g/mol. The molecule has 100 valence electrons. The summed E-state index contributed by atoms with van der Waals surface area (Å²) in [6, 6.07) is 8.06. The zero-order valence-corrected chi connectivity index (χ0v) is 11.9. The number of methoxy groups -OCH3 is 1. The molecule has 0 heterocycles. The van der Waals surface area contributed by atoms with Gasteiger partial charge in [0.2, 0.25) is 0 Å². The third-order valence-corrected chi connectivity index (χ3v) is 2.78. The Morgan fingerprint density at radius 1 is 1.11 bits per heavy atom. The van der Waals surface area contributed by atoms with E-state index >= 15 is 0 Å². The van der Waals surface area contributed by atoms with E-state index in [1.807, 2.05) is 18.2 Å². The van der Waals surface area contributed by atoms with E-state index in [2.05, 4.69) is 49.2 Å². The zero-order valence-electron chi connectivity index (χ0n) is 11.9. The molecule has 1 aromatic carbocycles. The molecule has 0 aliphatic heterocycles. The summed E-state index contributed by atoms with van der Waals surface area (Å²) in [4.78, 5) is 4.49. The Morgan fingerprint density at radius 2 is 1.83 bits per heavy atom. The number of hydrogen-bond donors (Lipinski definition) is 0. The van der Waals surface area contributed by atoms with Gasteiger partial charge in [0.1, 0.15) is 5.75 Å². The smallest absolute Gasteiger partial charge is 0.126 e. The molecule has 0 fully saturated rings. The van der Waals surface area contributed by atoms with Crippen LogP contribution in [0.3, 0.4) is 0 Å². The van der Waals surface area contributed by atoms with Crippen molar-refractivity contribution in [2.45, 2.75) is 0 Å². The van der Waals surface area contributed by atoms with Crippen LogP contribution in [-0.2, 0) is 0 Å². The number of para-hydroxylation sites is 1. The van der Waals surface area contributed by atoms with Crippen molar-refractivity contribution in [3.63, 3.8) is 0 Å². The Bertz CT molecular complexity index is 375. The molecule has 0 saturated heterocycles. The van der Waals surface area contributed by atoms with E-state index in [1.54, 1.807) is 7.11 Å². The van der Waals surface area contributed by atoms with E-state index in [9.17, 15) is 0 Å². The molecule has 0 aromatic heterocycles. The summed E-state index contributed by atoms with van der Waals surface area (Å²) in [5.74, 6) is 0.921. The normalized spacial score (nSPS) is 11.7. The summed E-state index contributed by atoms with van der Waals surface area (Å²) in [7, 11) is 8.03. The first-order valence-corrected chi connectivity index (χ1v) is 6.26. The highest BCUT2D eigenvalue weighted by Crippen LogP contribution is 2.18. The van der Waals surface area contributed by atoms with Gasteiger partial charge in [-0.25, -0.2) is 0 Å². The second-order valence-electron chi connectivity index (χ2n) is 4.71. The summed E-state index contributed by atoms with van der Waals surface area (Å²) in [5.41, 5.74) is 1.13. The van der Waals surface area contributed by atoms with Gasteiger partial charge in [0.15, 0.2) is 0 Å². The van der Waals surface area contributed by atoms with E-state index in [-0.39, 0.29) is 0 Å². The molecule has 1 rings (SSSR count). The summed E-state index contributed by atoms with van der Waals surface area (Å²) < 4.78 is 5.31. The lowest BCUT2D eigenvalue weighted by atomic mass is 10.2. The predicted molar refractivity (Wildman–Crippen MR) is 78.1 cm³/mol. The van der Waals surface area contributed by atoms with Crippen molar-refractivity contribution >= 4 is 6.08 Å². The van der Waals surface area contributed by atoms with E-state index < -0.39 is 0 Å². The van der Waals surface area contributed by atoms with Gasteiger partial charge in [-0.1, -0.05) is 30.4 Å². The maximum absolute atomic E-state index is 5.31. The lowest BCUT2D eigenvalue weighted by Gasteiger charge is -2.17. The van der Waals surface area contributed by atoms with Gasteiger partial charge in [0, 0.05) is 25.2 Å². The lowest BCUT2D eigenvalue weighted by molar-refractivity contribution is 0.302. The van der Waals surface area contributed by atoms with Gasteiger partial charge in [0.05, 0.1) is 7.11 Å². The Kier molecular flexibility index (Phi) is 6.47. The largest absolute Gasteiger partial charge is 0.496 e. The molecule has 18 heavy (non-hydrogen) atoms. The molecule has 0 radical (unpaired) electrons. The van der Waals surface area contributed by atoms with Gasteiger partial charge in [-0.15, -0.1) is 0 Å². The van der Waals surface area contributed by atoms with Gasteiger partial charge in [-0.3, -0.25) is 0 Å². The monoisotopic (exact) mass is 248 g/mol. The Balaban J connectivity index is 2.44. The number of ether oxygens (including phenoxy) is 1. The minimum absolute atomic E-state index is 0.921. The fraction of sp³-hybridized carbons (Fsp3) is 0.467. The summed E-state index contributed by atoms with van der Waals surface area (Å²) in [6.07, 6.45) is 4.29. The van der Waals surface area contributed by atoms with Crippen LogP contribution in [-0.4, -0.2) is 57.7 Å². The maximum Gasteiger partial charge on any atom is 0.126 e. The second kappa shape index (κ2) is 7.90. The maximum atomic E-state index is 5.31. The van der Waals surface area contributed by atoms with Crippen molar-refractivity contribution in [2.75, 3.05) is 47.9 Å². The fourth-order valence-corrected chi connectivity index (χ4v) is 1.63. The van der Waals surface area contributed by atoms with E-state index in [0.29, 0.717) is 0 Å². The Hall–Kier alpha value is -1.32. The SMILES string of the molecule is COc1ccccc1/C=C/CN(C)CCN(C)C. The van der Waals surface area contributed by atoms with Crippen LogP contribution in [0.15, 0.2) is 30.3 Å². The third kappa shape index (κ3) is 5.34. The van der Waals surface area contributed by atoms with Gasteiger partial charge in [0.25, 0.3) is 0 Å². The molecule has 0 aliphatic rings. The number of nitrogens with zero attached hydrogens (tertiary/aromatic N) is 2. The first-order chi connectivity index (χ1) is 8.63. The number of rotatable bonds is 7. The van der Waals surface area contributed by atoms with Gasteiger partial charge < -0.3 is 14.5 Å². The second-order valence-corrected chi connectivity index (χ2v) is 4.71. The molecule has 0 N–H and O–H groups in total. The van der Waals surface area contributed by atoms with E-state index in [1.165, 1.54) is 0 Å². The zero-order chi connectivity index (χ0) is 13.4. The van der Waals surface area contributed by atoms with Crippen molar-refractivity contribution in [3.05, 3.63) is 35.9 Å². The first-order valence-electron chi connectivity index (χ1n) is 6.26. The van der Waals surface area contributed by atoms with Crippen molar-refractivity contribution < 1.29 is 4.74 Å². The molecule has 0 atom stereocenters. The molecule has 3 nitrogen and oxygen atoms in total. The quantitative estimate of drug-likeness (QED) is 0.736. The highest BCUT2D eigenvalue weighted by molar-refractivity contribution is 5.57. The molecule has 0 unspecified atom stereocenters. The minimum atomic E-state index is 0.921. The number of likely N-dealkylation sites (N-methyl/N-ethyl adjacent to an activating group) is 2. The average molecular weight is 248 g/mol. The molecule has 1 aromatic rings. The van der Waals surface area contributed by atoms with Crippen molar-refractivity contribution in [1.29, 1.82) is 0 Å². The Labute approximate surface area is 111 Å². The van der Waals surface area contributed by atoms with Crippen molar-refractivity contribution in [2.24, 2.45) is 0 Å². The summed E-state index contributed by atoms with van der Waals surface area (Å²) in [5, 5.41) is 0. The van der Waals surface area contributed by atoms with Crippen LogP contribution < -0.4 is 4.74 Å². The molecule has 0 saturated carbocycles. The van der Waals surface area contributed by atoms with Crippen LogP contribution in [0.1, 0.15) is 5.56 Å². The topological polar surface area (TPSA) is 15.7 Å². The van der Waals surface area contributed by atoms with Crippen molar-refractivity contribution in [3.8, 4) is 5.75 Å². The van der Waals surface area contributed by atoms with Crippen LogP contribution >= 0.6 is 0 Å². The van der Waals surface area contributed by atoms with Gasteiger partial charge >= 0.3 is 0 Å².